The number of likely N-dealkylation sites (N-methyl/N-ethyl adjacent to an activating group) is 1. The number of piperazine rings is 1. The Labute approximate surface area is 122 Å². The summed E-state index contributed by atoms with van der Waals surface area (Å²) in [6.45, 7) is 5.56. The van der Waals surface area contributed by atoms with Crippen molar-refractivity contribution in [2.45, 2.75) is 6.92 Å². The molecule has 21 heavy (non-hydrogen) atoms. The zero-order valence-electron chi connectivity index (χ0n) is 11.8. The molecule has 0 atom stereocenters. The molecule has 0 radical (unpaired) electrons. The zero-order chi connectivity index (χ0) is 15.4. The second kappa shape index (κ2) is 6.53. The molecule has 0 aliphatic carbocycles. The summed E-state index contributed by atoms with van der Waals surface area (Å²) < 4.78 is 13.7. The molecule has 0 saturated carbocycles. The predicted octanol–water partition coefficient (Wildman–Crippen LogP) is 1.69. The number of nitrogens with zero attached hydrogens (tertiary/aromatic N) is 2. The highest BCUT2D eigenvalue weighted by Crippen LogP contribution is 2.20. The first-order valence-electron chi connectivity index (χ1n) is 6.83. The van der Waals surface area contributed by atoms with Gasteiger partial charge in [0.2, 0.25) is 0 Å². The van der Waals surface area contributed by atoms with Crippen LogP contribution in [0.5, 0.6) is 0 Å². The number of carboxylic acids is 1. The molecular formula is C14H18FN3O3. The Morgan fingerprint density at radius 1 is 1.29 bits per heavy atom. The number of carbonyl (C=O) groups is 2. The van der Waals surface area contributed by atoms with Crippen LogP contribution in [0.1, 0.15) is 17.3 Å². The van der Waals surface area contributed by atoms with E-state index in [9.17, 15) is 14.0 Å². The molecule has 7 heteroatoms. The SMILES string of the molecule is CCN1CCN(C(=O)Nc2c(F)cccc2C(=O)O)CC1. The lowest BCUT2D eigenvalue weighted by molar-refractivity contribution is 0.0697. The molecule has 1 aliphatic heterocycles. The lowest BCUT2D eigenvalue weighted by atomic mass is 10.1. The van der Waals surface area contributed by atoms with E-state index in [1.54, 1.807) is 4.90 Å². The van der Waals surface area contributed by atoms with Crippen LogP contribution in [0, 0.1) is 5.82 Å². The third-order valence-electron chi connectivity index (χ3n) is 3.58. The number of hydrogen-bond acceptors (Lipinski definition) is 3. The Kier molecular flexibility index (Phi) is 4.74. The predicted molar refractivity (Wildman–Crippen MR) is 76.1 cm³/mol. The first-order chi connectivity index (χ1) is 10.0. The van der Waals surface area contributed by atoms with Crippen LogP contribution in [0.3, 0.4) is 0 Å². The molecule has 2 rings (SSSR count). The first kappa shape index (κ1) is 15.2. The first-order valence-corrected chi connectivity index (χ1v) is 6.83. The summed E-state index contributed by atoms with van der Waals surface area (Å²) in [5.74, 6) is -2.03. The van der Waals surface area contributed by atoms with E-state index in [4.69, 9.17) is 5.11 Å². The summed E-state index contributed by atoms with van der Waals surface area (Å²) in [6.07, 6.45) is 0. The molecule has 0 aromatic heterocycles. The Morgan fingerprint density at radius 3 is 2.52 bits per heavy atom. The third kappa shape index (κ3) is 3.49. The second-order valence-electron chi connectivity index (χ2n) is 4.82. The highest BCUT2D eigenvalue weighted by Gasteiger charge is 2.23. The van der Waals surface area contributed by atoms with E-state index in [2.05, 4.69) is 10.2 Å². The Hall–Kier alpha value is -2.15. The minimum Gasteiger partial charge on any atom is -0.478 e. The van der Waals surface area contributed by atoms with E-state index in [1.165, 1.54) is 12.1 Å². The minimum atomic E-state index is -1.28. The van der Waals surface area contributed by atoms with Crippen LogP contribution < -0.4 is 5.32 Å². The standard InChI is InChI=1S/C14H18FN3O3/c1-2-17-6-8-18(9-7-17)14(21)16-12-10(13(19)20)4-3-5-11(12)15/h3-5H,2,6-9H2,1H3,(H,16,21)(H,19,20). The van der Waals surface area contributed by atoms with Gasteiger partial charge < -0.3 is 20.2 Å². The molecule has 114 valence electrons. The molecule has 6 nitrogen and oxygen atoms in total. The molecule has 2 amide bonds. The summed E-state index contributed by atoms with van der Waals surface area (Å²) in [5, 5.41) is 11.4. The summed E-state index contributed by atoms with van der Waals surface area (Å²) >= 11 is 0. The van der Waals surface area contributed by atoms with E-state index in [-0.39, 0.29) is 11.3 Å². The molecule has 2 N–H and O–H groups in total. The number of halogens is 1. The number of nitrogens with one attached hydrogen (secondary N) is 1. The van der Waals surface area contributed by atoms with Gasteiger partial charge in [-0.25, -0.2) is 14.0 Å². The summed E-state index contributed by atoms with van der Waals surface area (Å²) in [7, 11) is 0. The maximum atomic E-state index is 13.7. The highest BCUT2D eigenvalue weighted by molar-refractivity contribution is 6.00. The van der Waals surface area contributed by atoms with Crippen LogP contribution in [0.25, 0.3) is 0 Å². The lowest BCUT2D eigenvalue weighted by Gasteiger charge is -2.34. The molecule has 1 fully saturated rings. The van der Waals surface area contributed by atoms with Gasteiger partial charge in [-0.3, -0.25) is 0 Å². The number of urea groups is 1. The average molecular weight is 295 g/mol. The molecular weight excluding hydrogens is 277 g/mol. The number of benzene rings is 1. The van der Waals surface area contributed by atoms with Gasteiger partial charge in [0.1, 0.15) is 5.82 Å². The monoisotopic (exact) mass is 295 g/mol. The number of amides is 2. The number of carbonyl (C=O) groups excluding carboxylic acids is 1. The van der Waals surface area contributed by atoms with Gasteiger partial charge >= 0.3 is 12.0 Å². The third-order valence-corrected chi connectivity index (χ3v) is 3.58. The largest absolute Gasteiger partial charge is 0.478 e. The van der Waals surface area contributed by atoms with Crippen molar-refractivity contribution in [1.29, 1.82) is 0 Å². The van der Waals surface area contributed by atoms with Crippen LogP contribution in [0.15, 0.2) is 18.2 Å². The quantitative estimate of drug-likeness (QED) is 0.890. The van der Waals surface area contributed by atoms with E-state index in [0.29, 0.717) is 13.1 Å². The fraction of sp³-hybridized carbons (Fsp3) is 0.429. The summed E-state index contributed by atoms with van der Waals surface area (Å²) in [6, 6.07) is 3.21. The maximum absolute atomic E-state index is 13.7. The van der Waals surface area contributed by atoms with E-state index >= 15 is 0 Å². The molecule has 1 saturated heterocycles. The zero-order valence-corrected chi connectivity index (χ0v) is 11.8. The number of para-hydroxylation sites is 1. The van der Waals surface area contributed by atoms with E-state index in [0.717, 1.165) is 25.7 Å². The maximum Gasteiger partial charge on any atom is 0.337 e. The van der Waals surface area contributed by atoms with Gasteiger partial charge in [-0.1, -0.05) is 13.0 Å². The molecule has 1 aromatic rings. The Morgan fingerprint density at radius 2 is 1.95 bits per heavy atom. The van der Waals surface area contributed by atoms with Crippen molar-refractivity contribution in [1.82, 2.24) is 9.80 Å². The van der Waals surface area contributed by atoms with Crippen molar-refractivity contribution in [3.63, 3.8) is 0 Å². The van der Waals surface area contributed by atoms with Crippen molar-refractivity contribution >= 4 is 17.7 Å². The van der Waals surface area contributed by atoms with Gasteiger partial charge in [-0.05, 0) is 18.7 Å². The smallest absolute Gasteiger partial charge is 0.337 e. The van der Waals surface area contributed by atoms with Crippen molar-refractivity contribution < 1.29 is 19.1 Å². The molecule has 0 unspecified atom stereocenters. The molecule has 0 bridgehead atoms. The second-order valence-corrected chi connectivity index (χ2v) is 4.82. The normalized spacial score (nSPS) is 15.8. The van der Waals surface area contributed by atoms with Crippen LogP contribution in [-0.4, -0.2) is 59.6 Å². The van der Waals surface area contributed by atoms with E-state index < -0.39 is 17.8 Å². The summed E-state index contributed by atoms with van der Waals surface area (Å²) in [5.41, 5.74) is -0.538. The van der Waals surface area contributed by atoms with Crippen molar-refractivity contribution in [2.24, 2.45) is 0 Å². The lowest BCUT2D eigenvalue weighted by Crippen LogP contribution is -2.49. The number of hydrogen-bond donors (Lipinski definition) is 2. The van der Waals surface area contributed by atoms with Crippen LogP contribution in [0.4, 0.5) is 14.9 Å². The van der Waals surface area contributed by atoms with Gasteiger partial charge in [0.25, 0.3) is 0 Å². The summed E-state index contributed by atoms with van der Waals surface area (Å²) in [4.78, 5) is 27.0. The fourth-order valence-electron chi connectivity index (χ4n) is 2.28. The van der Waals surface area contributed by atoms with Crippen molar-refractivity contribution in [3.05, 3.63) is 29.6 Å². The van der Waals surface area contributed by atoms with Gasteiger partial charge in [-0.15, -0.1) is 0 Å². The Balaban J connectivity index is 2.08. The molecule has 1 aliphatic rings. The number of anilines is 1. The topological polar surface area (TPSA) is 72.9 Å². The Bertz CT molecular complexity index is 542. The van der Waals surface area contributed by atoms with Crippen molar-refractivity contribution in [2.75, 3.05) is 38.0 Å². The van der Waals surface area contributed by atoms with Gasteiger partial charge in [0.15, 0.2) is 0 Å². The fourth-order valence-corrected chi connectivity index (χ4v) is 2.28. The molecule has 1 heterocycles. The number of aromatic carboxylic acids is 1. The highest BCUT2D eigenvalue weighted by atomic mass is 19.1. The molecule has 0 spiro atoms. The van der Waals surface area contributed by atoms with Crippen molar-refractivity contribution in [3.8, 4) is 0 Å². The van der Waals surface area contributed by atoms with Crippen LogP contribution >= 0.6 is 0 Å². The number of rotatable bonds is 3. The average Bonchev–Trinajstić information content (AvgIpc) is 2.49. The minimum absolute atomic E-state index is 0.254. The van der Waals surface area contributed by atoms with E-state index in [1.807, 2.05) is 6.92 Å². The van der Waals surface area contributed by atoms with Gasteiger partial charge in [-0.2, -0.15) is 0 Å². The number of carboxylic acid groups (broad SMARTS) is 1. The van der Waals surface area contributed by atoms with Gasteiger partial charge in [0, 0.05) is 26.2 Å². The molecule has 1 aromatic carbocycles. The van der Waals surface area contributed by atoms with Gasteiger partial charge in [0.05, 0.1) is 11.3 Å². The van der Waals surface area contributed by atoms with Crippen LogP contribution in [0.2, 0.25) is 0 Å². The van der Waals surface area contributed by atoms with Crippen LogP contribution in [-0.2, 0) is 0 Å².